The zero-order valence-electron chi connectivity index (χ0n) is 40.3. The normalized spacial score (nSPS) is 13.1. The average molecular weight is 859 g/mol. The summed E-state index contributed by atoms with van der Waals surface area (Å²) in [5, 5.41) is 0. The smallest absolute Gasteiger partial charge is 0.306 e. The van der Waals surface area contributed by atoms with E-state index in [1.165, 1.54) is 57.8 Å². The fourth-order valence-corrected chi connectivity index (χ4v) is 6.58. The van der Waals surface area contributed by atoms with Crippen molar-refractivity contribution in [2.75, 3.05) is 19.8 Å². The van der Waals surface area contributed by atoms with Gasteiger partial charge >= 0.3 is 11.9 Å². The molecule has 0 rings (SSSR count). The van der Waals surface area contributed by atoms with Gasteiger partial charge in [-0.1, -0.05) is 207 Å². The van der Waals surface area contributed by atoms with Crippen molar-refractivity contribution < 1.29 is 23.8 Å². The van der Waals surface area contributed by atoms with E-state index in [0.717, 1.165) is 122 Å². The molecule has 0 amide bonds. The van der Waals surface area contributed by atoms with Crippen LogP contribution in [0.1, 0.15) is 213 Å². The van der Waals surface area contributed by atoms with E-state index in [1.54, 1.807) is 0 Å². The van der Waals surface area contributed by atoms with Crippen molar-refractivity contribution in [1.82, 2.24) is 0 Å². The van der Waals surface area contributed by atoms with Crippen LogP contribution in [-0.4, -0.2) is 37.9 Å². The Morgan fingerprint density at radius 2 is 0.726 bits per heavy atom. The first-order valence-corrected chi connectivity index (χ1v) is 25.4. The molecule has 1 atom stereocenters. The van der Waals surface area contributed by atoms with Crippen LogP contribution in [0.25, 0.3) is 0 Å². The Labute approximate surface area is 383 Å². The maximum atomic E-state index is 12.7. The lowest BCUT2D eigenvalue weighted by molar-refractivity contribution is -0.163. The summed E-state index contributed by atoms with van der Waals surface area (Å²) in [6.45, 7) is 7.50. The molecule has 0 aromatic heterocycles. The number of hydrogen-bond donors (Lipinski definition) is 0. The molecule has 0 saturated carbocycles. The number of unbranched alkanes of at least 4 members (excludes halogenated alkanes) is 16. The zero-order valence-corrected chi connectivity index (χ0v) is 40.3. The predicted molar refractivity (Wildman–Crippen MR) is 269 cm³/mol. The average Bonchev–Trinajstić information content (AvgIpc) is 3.27. The standard InChI is InChI=1S/C57H94O5/c1-4-7-10-13-16-19-21-23-25-27-29-30-32-34-36-39-41-44-47-50-56(58)61-54-55(62-57(59)51-48-45-42-38-18-15-12-9-6-3)53-60-52-49-46-43-40-37-35-33-31-28-26-24-22-20-17-14-11-8-5-2/h7-8,10-11,16-17,19-20,23-26,29-31,33-34,36,55H,4-6,9,12-15,18,21-22,27-28,32,35,37-54H2,1-3H3/b10-7-,11-8-,19-16-,20-17-,25-23-,26-24-,30-29-,33-31-,36-34-. The first-order chi connectivity index (χ1) is 30.6. The first-order valence-electron chi connectivity index (χ1n) is 25.4. The van der Waals surface area contributed by atoms with Gasteiger partial charge in [0.25, 0.3) is 0 Å². The van der Waals surface area contributed by atoms with E-state index in [4.69, 9.17) is 14.2 Å². The molecule has 0 aromatic carbocycles. The highest BCUT2D eigenvalue weighted by Crippen LogP contribution is 2.13. The van der Waals surface area contributed by atoms with Gasteiger partial charge in [-0.15, -0.1) is 0 Å². The molecular formula is C57H94O5. The second-order valence-corrected chi connectivity index (χ2v) is 16.3. The summed E-state index contributed by atoms with van der Waals surface area (Å²) in [7, 11) is 0. The third-order valence-corrected chi connectivity index (χ3v) is 10.3. The number of rotatable bonds is 45. The largest absolute Gasteiger partial charge is 0.462 e. The lowest BCUT2D eigenvalue weighted by Gasteiger charge is -2.18. The lowest BCUT2D eigenvalue weighted by atomic mass is 10.1. The number of esters is 2. The monoisotopic (exact) mass is 859 g/mol. The van der Waals surface area contributed by atoms with E-state index in [1.807, 2.05) is 0 Å². The van der Waals surface area contributed by atoms with E-state index in [-0.39, 0.29) is 25.2 Å². The second-order valence-electron chi connectivity index (χ2n) is 16.3. The van der Waals surface area contributed by atoms with Crippen molar-refractivity contribution in [2.45, 2.75) is 219 Å². The molecule has 0 saturated heterocycles. The van der Waals surface area contributed by atoms with Crippen LogP contribution in [-0.2, 0) is 23.8 Å². The molecule has 62 heavy (non-hydrogen) atoms. The highest BCUT2D eigenvalue weighted by molar-refractivity contribution is 5.70. The SMILES string of the molecule is CC/C=C\C/C=C\C/C=C\C/C=C\C/C=C\CCCCCC(=O)OCC(COCCCCCCC/C=C\C/C=C\C/C=C\C/C=C\CC)OC(=O)CCCCCCCCCCC. The summed E-state index contributed by atoms with van der Waals surface area (Å²) in [5.41, 5.74) is 0. The molecule has 1 unspecified atom stereocenters. The molecule has 0 aliphatic rings. The summed E-state index contributed by atoms with van der Waals surface area (Å²) in [6, 6.07) is 0. The van der Waals surface area contributed by atoms with Gasteiger partial charge in [-0.2, -0.15) is 0 Å². The van der Waals surface area contributed by atoms with Gasteiger partial charge in [-0.3, -0.25) is 9.59 Å². The number of carbonyl (C=O) groups excluding carboxylic acids is 2. The van der Waals surface area contributed by atoms with Crippen LogP contribution < -0.4 is 0 Å². The number of allylic oxidation sites excluding steroid dienone is 18. The van der Waals surface area contributed by atoms with Gasteiger partial charge < -0.3 is 14.2 Å². The number of carbonyl (C=O) groups is 2. The predicted octanol–water partition coefficient (Wildman–Crippen LogP) is 17.2. The molecule has 0 N–H and O–H groups in total. The van der Waals surface area contributed by atoms with Gasteiger partial charge in [0, 0.05) is 19.4 Å². The molecule has 0 aromatic rings. The Morgan fingerprint density at radius 3 is 1.18 bits per heavy atom. The van der Waals surface area contributed by atoms with Crippen molar-refractivity contribution in [2.24, 2.45) is 0 Å². The maximum absolute atomic E-state index is 12.7. The minimum Gasteiger partial charge on any atom is -0.462 e. The van der Waals surface area contributed by atoms with E-state index in [0.29, 0.717) is 19.4 Å². The fraction of sp³-hybridized carbons (Fsp3) is 0.649. The molecule has 0 aliphatic heterocycles. The Hall–Kier alpha value is -3.44. The molecule has 5 nitrogen and oxygen atoms in total. The van der Waals surface area contributed by atoms with Crippen LogP contribution in [0.5, 0.6) is 0 Å². The van der Waals surface area contributed by atoms with E-state index < -0.39 is 6.10 Å². The summed E-state index contributed by atoms with van der Waals surface area (Å²) < 4.78 is 17.3. The highest BCUT2D eigenvalue weighted by Gasteiger charge is 2.17. The Balaban J connectivity index is 4.31. The van der Waals surface area contributed by atoms with Gasteiger partial charge in [0.05, 0.1) is 6.61 Å². The first kappa shape index (κ1) is 58.6. The third-order valence-electron chi connectivity index (χ3n) is 10.3. The van der Waals surface area contributed by atoms with Crippen LogP contribution in [0.3, 0.4) is 0 Å². The summed E-state index contributed by atoms with van der Waals surface area (Å²) in [5.74, 6) is -0.453. The molecule has 0 bridgehead atoms. The maximum Gasteiger partial charge on any atom is 0.306 e. The van der Waals surface area contributed by atoms with Crippen molar-refractivity contribution in [3.63, 3.8) is 0 Å². The van der Waals surface area contributed by atoms with Crippen molar-refractivity contribution >= 4 is 11.9 Å². The van der Waals surface area contributed by atoms with Crippen LogP contribution in [0.2, 0.25) is 0 Å². The number of hydrogen-bond acceptors (Lipinski definition) is 5. The Kier molecular flexibility index (Phi) is 49.0. The van der Waals surface area contributed by atoms with Crippen LogP contribution in [0.15, 0.2) is 109 Å². The summed E-state index contributed by atoms with van der Waals surface area (Å²) >= 11 is 0. The van der Waals surface area contributed by atoms with Crippen molar-refractivity contribution in [1.29, 1.82) is 0 Å². The Morgan fingerprint density at radius 1 is 0.371 bits per heavy atom. The molecule has 0 aliphatic carbocycles. The van der Waals surface area contributed by atoms with Crippen molar-refractivity contribution in [3.8, 4) is 0 Å². The molecule has 0 fully saturated rings. The molecular weight excluding hydrogens is 765 g/mol. The Bertz CT molecular complexity index is 1250. The van der Waals surface area contributed by atoms with E-state index >= 15 is 0 Å². The van der Waals surface area contributed by atoms with Crippen LogP contribution in [0, 0.1) is 0 Å². The van der Waals surface area contributed by atoms with Crippen molar-refractivity contribution in [3.05, 3.63) is 109 Å². The highest BCUT2D eigenvalue weighted by atomic mass is 16.6. The zero-order chi connectivity index (χ0) is 44.9. The van der Waals surface area contributed by atoms with E-state index in [2.05, 4.69) is 130 Å². The van der Waals surface area contributed by atoms with Crippen LogP contribution in [0.4, 0.5) is 0 Å². The molecule has 0 radical (unpaired) electrons. The topological polar surface area (TPSA) is 61.8 Å². The summed E-state index contributed by atoms with van der Waals surface area (Å²) in [4.78, 5) is 25.3. The summed E-state index contributed by atoms with van der Waals surface area (Å²) in [6.07, 6.45) is 71.0. The molecule has 0 heterocycles. The fourth-order valence-electron chi connectivity index (χ4n) is 6.58. The van der Waals surface area contributed by atoms with Gasteiger partial charge in [-0.05, 0) is 103 Å². The molecule has 5 heteroatoms. The number of ether oxygens (including phenoxy) is 3. The minimum atomic E-state index is -0.564. The lowest BCUT2D eigenvalue weighted by Crippen LogP contribution is -2.30. The van der Waals surface area contributed by atoms with Gasteiger partial charge in [0.2, 0.25) is 0 Å². The van der Waals surface area contributed by atoms with Gasteiger partial charge in [0.15, 0.2) is 6.10 Å². The molecule has 0 spiro atoms. The third kappa shape index (κ3) is 49.2. The quantitative estimate of drug-likeness (QED) is 0.0347. The minimum absolute atomic E-state index is 0.0552. The molecule has 352 valence electrons. The van der Waals surface area contributed by atoms with Crippen LogP contribution >= 0.6 is 0 Å². The second kappa shape index (κ2) is 51.9. The van der Waals surface area contributed by atoms with Gasteiger partial charge in [-0.25, -0.2) is 0 Å². The van der Waals surface area contributed by atoms with Gasteiger partial charge in [0.1, 0.15) is 6.61 Å². The van der Waals surface area contributed by atoms with E-state index in [9.17, 15) is 9.59 Å².